The number of fused-ring (bicyclic) bond motifs is 1. The molecule has 1 aromatic carbocycles. The van der Waals surface area contributed by atoms with E-state index in [9.17, 15) is 9.59 Å². The zero-order chi connectivity index (χ0) is 25.1. The lowest BCUT2D eigenvalue weighted by molar-refractivity contribution is 0.0730. The van der Waals surface area contributed by atoms with Gasteiger partial charge in [0.15, 0.2) is 5.69 Å². The van der Waals surface area contributed by atoms with Crippen molar-refractivity contribution in [2.24, 2.45) is 5.92 Å². The Labute approximate surface area is 209 Å². The van der Waals surface area contributed by atoms with E-state index in [2.05, 4.69) is 29.1 Å². The molecule has 36 heavy (non-hydrogen) atoms. The molecule has 4 aromatic rings. The van der Waals surface area contributed by atoms with E-state index in [-0.39, 0.29) is 11.8 Å². The van der Waals surface area contributed by atoms with Gasteiger partial charge in [0, 0.05) is 73.4 Å². The van der Waals surface area contributed by atoms with Crippen LogP contribution >= 0.6 is 0 Å². The Hall–Kier alpha value is -4.27. The minimum atomic E-state index is -0.239. The molecule has 2 amide bonds. The monoisotopic (exact) mass is 483 g/mol. The van der Waals surface area contributed by atoms with Gasteiger partial charge in [-0.1, -0.05) is 19.9 Å². The van der Waals surface area contributed by atoms with Crippen molar-refractivity contribution in [1.29, 1.82) is 0 Å². The van der Waals surface area contributed by atoms with Gasteiger partial charge in [0.25, 0.3) is 11.8 Å². The number of hydrogen-bond acceptors (Lipinski definition) is 5. The normalized spacial score (nSPS) is 13.0. The first-order valence-electron chi connectivity index (χ1n) is 12.1. The zero-order valence-electron chi connectivity index (χ0n) is 20.5. The van der Waals surface area contributed by atoms with Gasteiger partial charge >= 0.3 is 0 Å². The summed E-state index contributed by atoms with van der Waals surface area (Å²) < 4.78 is 3.83. The molecule has 5 rings (SSSR count). The van der Waals surface area contributed by atoms with Crippen LogP contribution in [0, 0.1) is 5.92 Å². The third kappa shape index (κ3) is 4.91. The molecule has 1 N–H and O–H groups in total. The van der Waals surface area contributed by atoms with Crippen LogP contribution in [0.4, 0.5) is 0 Å². The molecule has 0 radical (unpaired) electrons. The van der Waals surface area contributed by atoms with E-state index in [1.54, 1.807) is 29.8 Å². The third-order valence-electron chi connectivity index (χ3n) is 6.27. The van der Waals surface area contributed by atoms with Crippen molar-refractivity contribution < 1.29 is 9.59 Å². The van der Waals surface area contributed by atoms with Gasteiger partial charge in [-0.3, -0.25) is 19.3 Å². The lowest BCUT2D eigenvalue weighted by atomic mass is 10.0. The summed E-state index contributed by atoms with van der Waals surface area (Å²) in [6, 6.07) is 11.2. The molecule has 0 saturated heterocycles. The summed E-state index contributed by atoms with van der Waals surface area (Å²) in [5, 5.41) is 7.65. The molecule has 1 aliphatic rings. The molecule has 3 aromatic heterocycles. The molecule has 0 saturated carbocycles. The number of rotatable bonds is 7. The first-order valence-corrected chi connectivity index (χ1v) is 12.1. The highest BCUT2D eigenvalue weighted by Crippen LogP contribution is 2.25. The van der Waals surface area contributed by atoms with Gasteiger partial charge < -0.3 is 14.8 Å². The lowest BCUT2D eigenvalue weighted by Gasteiger charge is -2.28. The second kappa shape index (κ2) is 10.2. The summed E-state index contributed by atoms with van der Waals surface area (Å²) in [4.78, 5) is 36.5. The lowest BCUT2D eigenvalue weighted by Crippen LogP contribution is -2.37. The van der Waals surface area contributed by atoms with Crippen LogP contribution < -0.4 is 5.32 Å². The van der Waals surface area contributed by atoms with E-state index >= 15 is 0 Å². The van der Waals surface area contributed by atoms with Crippen molar-refractivity contribution in [2.45, 2.75) is 39.9 Å². The van der Waals surface area contributed by atoms with Crippen LogP contribution in [0.1, 0.15) is 51.5 Å². The molecule has 4 heterocycles. The highest BCUT2D eigenvalue weighted by atomic mass is 16.2. The molecule has 0 bridgehead atoms. The van der Waals surface area contributed by atoms with Crippen molar-refractivity contribution in [3.05, 3.63) is 95.6 Å². The van der Waals surface area contributed by atoms with Crippen molar-refractivity contribution in [3.63, 3.8) is 0 Å². The Kier molecular flexibility index (Phi) is 6.62. The van der Waals surface area contributed by atoms with Crippen molar-refractivity contribution >= 4 is 11.8 Å². The molecule has 0 aliphatic carbocycles. The fourth-order valence-electron chi connectivity index (χ4n) is 4.48. The minimum absolute atomic E-state index is 0.0591. The van der Waals surface area contributed by atoms with Crippen LogP contribution in [0.15, 0.2) is 67.5 Å². The topological polar surface area (TPSA) is 97.9 Å². The maximum Gasteiger partial charge on any atom is 0.272 e. The number of amides is 2. The number of aromatic nitrogens is 5. The number of benzene rings is 1. The van der Waals surface area contributed by atoms with E-state index in [0.29, 0.717) is 43.2 Å². The standard InChI is InChI=1S/C27H29N7O2/c1-19(2)16-34-24-9-12-32(27(36)21-5-7-22(8-6-21)33-13-11-29-18-33)17-23(24)25(31-34)26(35)30-15-20-4-3-10-28-14-20/h3-8,10-11,13-14,18-19H,9,12,15-17H2,1-2H3,(H,30,35). The second-order valence-electron chi connectivity index (χ2n) is 9.39. The SMILES string of the molecule is CC(C)Cn1nc(C(=O)NCc2cccnc2)c2c1CCN(C(=O)c1ccc(-n3ccnc3)cc1)C2. The minimum Gasteiger partial charge on any atom is -0.346 e. The van der Waals surface area contributed by atoms with Gasteiger partial charge in [-0.2, -0.15) is 5.10 Å². The molecule has 184 valence electrons. The van der Waals surface area contributed by atoms with E-state index in [1.807, 2.05) is 51.8 Å². The Bertz CT molecular complexity index is 1340. The van der Waals surface area contributed by atoms with E-state index in [1.165, 1.54) is 0 Å². The second-order valence-corrected chi connectivity index (χ2v) is 9.39. The summed E-state index contributed by atoms with van der Waals surface area (Å²) in [5.41, 5.74) is 4.72. The number of hydrogen-bond donors (Lipinski definition) is 1. The summed E-state index contributed by atoms with van der Waals surface area (Å²) in [6.45, 7) is 6.28. The Morgan fingerprint density at radius 3 is 2.61 bits per heavy atom. The van der Waals surface area contributed by atoms with Gasteiger partial charge in [0.2, 0.25) is 0 Å². The van der Waals surface area contributed by atoms with Crippen LogP contribution in [0.2, 0.25) is 0 Å². The van der Waals surface area contributed by atoms with E-state index < -0.39 is 0 Å². The number of nitrogens with zero attached hydrogens (tertiary/aromatic N) is 6. The van der Waals surface area contributed by atoms with Crippen molar-refractivity contribution in [3.8, 4) is 5.69 Å². The van der Waals surface area contributed by atoms with Crippen LogP contribution in [-0.2, 0) is 26.1 Å². The summed E-state index contributed by atoms with van der Waals surface area (Å²) in [7, 11) is 0. The molecule has 0 atom stereocenters. The van der Waals surface area contributed by atoms with Gasteiger partial charge in [-0.25, -0.2) is 4.98 Å². The first-order chi connectivity index (χ1) is 17.5. The maximum atomic E-state index is 13.4. The van der Waals surface area contributed by atoms with Gasteiger partial charge in [0.1, 0.15) is 0 Å². The molecule has 1 aliphatic heterocycles. The van der Waals surface area contributed by atoms with Gasteiger partial charge in [-0.15, -0.1) is 0 Å². The highest BCUT2D eigenvalue weighted by Gasteiger charge is 2.30. The van der Waals surface area contributed by atoms with Crippen LogP contribution in [-0.4, -0.2) is 47.6 Å². The van der Waals surface area contributed by atoms with Crippen molar-refractivity contribution in [1.82, 2.24) is 34.5 Å². The van der Waals surface area contributed by atoms with Crippen molar-refractivity contribution in [2.75, 3.05) is 6.54 Å². The Morgan fingerprint density at radius 2 is 1.92 bits per heavy atom. The number of imidazole rings is 1. The summed E-state index contributed by atoms with van der Waals surface area (Å²) in [6.07, 6.45) is 9.38. The number of carbonyl (C=O) groups is 2. The molecular formula is C27H29N7O2. The fraction of sp³-hybridized carbons (Fsp3) is 0.296. The number of nitrogens with one attached hydrogen (secondary N) is 1. The molecule has 9 heteroatoms. The maximum absolute atomic E-state index is 13.4. The van der Waals surface area contributed by atoms with E-state index in [0.717, 1.165) is 29.1 Å². The highest BCUT2D eigenvalue weighted by molar-refractivity contribution is 5.96. The van der Waals surface area contributed by atoms with Crippen LogP contribution in [0.5, 0.6) is 0 Å². The predicted molar refractivity (Wildman–Crippen MR) is 134 cm³/mol. The quantitative estimate of drug-likeness (QED) is 0.435. The average molecular weight is 484 g/mol. The average Bonchev–Trinajstić information content (AvgIpc) is 3.56. The smallest absolute Gasteiger partial charge is 0.272 e. The number of carbonyl (C=O) groups excluding carboxylic acids is 2. The van der Waals surface area contributed by atoms with Crippen LogP contribution in [0.25, 0.3) is 5.69 Å². The van der Waals surface area contributed by atoms with Gasteiger partial charge in [0.05, 0.1) is 12.9 Å². The summed E-state index contributed by atoms with van der Waals surface area (Å²) >= 11 is 0. The zero-order valence-corrected chi connectivity index (χ0v) is 20.5. The van der Waals surface area contributed by atoms with Gasteiger partial charge in [-0.05, 0) is 41.8 Å². The fourth-order valence-corrected chi connectivity index (χ4v) is 4.48. The van der Waals surface area contributed by atoms with Crippen LogP contribution in [0.3, 0.4) is 0 Å². The largest absolute Gasteiger partial charge is 0.346 e. The first kappa shape index (κ1) is 23.5. The molecule has 9 nitrogen and oxygen atoms in total. The summed E-state index contributed by atoms with van der Waals surface area (Å²) in [5.74, 6) is 0.0849. The third-order valence-corrected chi connectivity index (χ3v) is 6.27. The van der Waals surface area contributed by atoms with E-state index in [4.69, 9.17) is 5.10 Å². The predicted octanol–water partition coefficient (Wildman–Crippen LogP) is 3.25. The molecule has 0 fully saturated rings. The Balaban J connectivity index is 1.36. The molecule has 0 unspecified atom stereocenters. The molecular weight excluding hydrogens is 454 g/mol. The molecule has 0 spiro atoms. The Morgan fingerprint density at radius 1 is 1.08 bits per heavy atom. The number of pyridine rings is 1.